The van der Waals surface area contributed by atoms with Crippen molar-refractivity contribution in [2.24, 2.45) is 0 Å². The Balaban J connectivity index is 1.28. The number of para-hydroxylation sites is 2. The van der Waals surface area contributed by atoms with Gasteiger partial charge in [0.15, 0.2) is 0 Å². The van der Waals surface area contributed by atoms with Crippen molar-refractivity contribution in [2.75, 3.05) is 31.1 Å². The molecular weight excluding hydrogens is 455 g/mol. The average Bonchev–Trinajstić information content (AvgIpc) is 3.47. The first-order chi connectivity index (χ1) is 17.5. The Hall–Kier alpha value is -4.13. The first-order valence-electron chi connectivity index (χ1n) is 12.3. The van der Waals surface area contributed by atoms with E-state index in [9.17, 15) is 14.0 Å². The molecule has 0 spiro atoms. The van der Waals surface area contributed by atoms with Crippen molar-refractivity contribution in [3.63, 3.8) is 0 Å². The number of carbonyl (C=O) groups is 2. The number of hydrogen-bond acceptors (Lipinski definition) is 3. The minimum absolute atomic E-state index is 0.0887. The molecular formula is C29H27FN4O2. The van der Waals surface area contributed by atoms with Gasteiger partial charge in [-0.05, 0) is 36.8 Å². The van der Waals surface area contributed by atoms with Gasteiger partial charge in [-0.1, -0.05) is 48.5 Å². The van der Waals surface area contributed by atoms with E-state index in [1.807, 2.05) is 72.6 Å². The molecule has 0 unspecified atom stereocenters. The van der Waals surface area contributed by atoms with Crippen LogP contribution in [0.25, 0.3) is 10.9 Å². The van der Waals surface area contributed by atoms with Crippen molar-refractivity contribution < 1.29 is 14.0 Å². The lowest BCUT2D eigenvalue weighted by molar-refractivity contribution is -0.136. The summed E-state index contributed by atoms with van der Waals surface area (Å²) in [4.78, 5) is 36.1. The zero-order valence-electron chi connectivity index (χ0n) is 20.0. The van der Waals surface area contributed by atoms with E-state index in [1.165, 1.54) is 6.07 Å². The van der Waals surface area contributed by atoms with E-state index < -0.39 is 6.04 Å². The molecule has 0 radical (unpaired) electrons. The van der Waals surface area contributed by atoms with Gasteiger partial charge in [0.1, 0.15) is 11.9 Å². The van der Waals surface area contributed by atoms with Crippen LogP contribution >= 0.6 is 0 Å². The maximum atomic E-state index is 14.3. The summed E-state index contributed by atoms with van der Waals surface area (Å²) in [5.74, 6) is -0.478. The largest absolute Gasteiger partial charge is 0.366 e. The number of carbonyl (C=O) groups excluding carboxylic acids is 2. The van der Waals surface area contributed by atoms with Crippen LogP contribution in [0, 0.1) is 5.82 Å². The maximum absolute atomic E-state index is 14.3. The lowest BCUT2D eigenvalue weighted by Gasteiger charge is -2.39. The SMILES string of the molecule is C[C@@H](C(=O)N1CCN(c2ccccc2F)CC1)N1C(=O)c2ccccc2[C@H]1c1c[nH]c2ccccc12. The molecule has 1 fully saturated rings. The fraction of sp³-hybridized carbons (Fsp3) is 0.241. The van der Waals surface area contributed by atoms with Gasteiger partial charge in [0.05, 0.1) is 11.7 Å². The molecule has 0 aliphatic carbocycles. The predicted molar refractivity (Wildman–Crippen MR) is 137 cm³/mol. The van der Waals surface area contributed by atoms with Gasteiger partial charge in [0, 0.05) is 54.4 Å². The van der Waals surface area contributed by atoms with Crippen molar-refractivity contribution in [3.8, 4) is 0 Å². The number of H-pyrrole nitrogens is 1. The van der Waals surface area contributed by atoms with Gasteiger partial charge in [-0.2, -0.15) is 0 Å². The number of nitrogens with zero attached hydrogens (tertiary/aromatic N) is 3. The van der Waals surface area contributed by atoms with Crippen LogP contribution in [0.4, 0.5) is 10.1 Å². The number of benzene rings is 3. The molecule has 2 atom stereocenters. The van der Waals surface area contributed by atoms with Crippen LogP contribution in [0.5, 0.6) is 0 Å². The Labute approximate surface area is 208 Å². The highest BCUT2D eigenvalue weighted by atomic mass is 19.1. The summed E-state index contributed by atoms with van der Waals surface area (Å²) < 4.78 is 14.3. The Morgan fingerprint density at radius 3 is 2.42 bits per heavy atom. The summed E-state index contributed by atoms with van der Waals surface area (Å²) in [5, 5.41) is 1.04. The van der Waals surface area contributed by atoms with Crippen molar-refractivity contribution >= 4 is 28.4 Å². The molecule has 6 rings (SSSR count). The van der Waals surface area contributed by atoms with Crippen molar-refractivity contribution in [3.05, 3.63) is 102 Å². The van der Waals surface area contributed by atoms with Crippen LogP contribution < -0.4 is 4.90 Å². The Morgan fingerprint density at radius 2 is 1.61 bits per heavy atom. The van der Waals surface area contributed by atoms with Gasteiger partial charge in [-0.15, -0.1) is 0 Å². The fourth-order valence-corrected chi connectivity index (χ4v) is 5.63. The number of rotatable bonds is 4. The first kappa shape index (κ1) is 22.3. The van der Waals surface area contributed by atoms with Gasteiger partial charge in [-0.25, -0.2) is 4.39 Å². The van der Waals surface area contributed by atoms with E-state index in [1.54, 1.807) is 21.9 Å². The molecule has 36 heavy (non-hydrogen) atoms. The van der Waals surface area contributed by atoms with E-state index in [2.05, 4.69) is 4.98 Å². The molecule has 3 heterocycles. The topological polar surface area (TPSA) is 59.7 Å². The Kier molecular flexibility index (Phi) is 5.48. The van der Waals surface area contributed by atoms with Crippen LogP contribution in [0.3, 0.4) is 0 Å². The lowest BCUT2D eigenvalue weighted by Crippen LogP contribution is -2.55. The summed E-state index contributed by atoms with van der Waals surface area (Å²) in [6.07, 6.45) is 1.95. The van der Waals surface area contributed by atoms with Crippen LogP contribution in [0.2, 0.25) is 0 Å². The molecule has 4 aromatic rings. The number of aromatic amines is 1. The second kappa shape index (κ2) is 8.82. The Bertz CT molecular complexity index is 1460. The summed E-state index contributed by atoms with van der Waals surface area (Å²) in [5.41, 5.74) is 4.08. The minimum Gasteiger partial charge on any atom is -0.366 e. The number of nitrogens with one attached hydrogen (secondary N) is 1. The minimum atomic E-state index is -0.649. The molecule has 2 aliphatic rings. The van der Waals surface area contributed by atoms with Crippen LogP contribution in [0.1, 0.15) is 34.5 Å². The van der Waals surface area contributed by atoms with Crippen molar-refractivity contribution in [2.45, 2.75) is 19.0 Å². The van der Waals surface area contributed by atoms with Gasteiger partial charge >= 0.3 is 0 Å². The standard InChI is InChI=1S/C29H27FN4O2/c1-19(28(35)33-16-14-32(15-17-33)26-13-7-5-11-24(26)30)34-27(21-9-2-3-10-22(21)29(34)36)23-18-31-25-12-6-4-8-20(23)25/h2-13,18-19,27,31H,14-17H2,1H3/t19-,27-/m0/s1. The van der Waals surface area contributed by atoms with E-state index in [-0.39, 0.29) is 23.7 Å². The zero-order valence-corrected chi connectivity index (χ0v) is 20.0. The number of hydrogen-bond donors (Lipinski definition) is 1. The second-order valence-corrected chi connectivity index (χ2v) is 9.43. The molecule has 3 aromatic carbocycles. The highest BCUT2D eigenvalue weighted by Gasteiger charge is 2.44. The van der Waals surface area contributed by atoms with E-state index in [0.29, 0.717) is 37.4 Å². The number of aromatic nitrogens is 1. The van der Waals surface area contributed by atoms with Crippen molar-refractivity contribution in [1.82, 2.24) is 14.8 Å². The van der Waals surface area contributed by atoms with Gasteiger partial charge in [0.25, 0.3) is 5.91 Å². The molecule has 0 bridgehead atoms. The maximum Gasteiger partial charge on any atom is 0.255 e. The molecule has 2 aliphatic heterocycles. The zero-order chi connectivity index (χ0) is 24.8. The van der Waals surface area contributed by atoms with Gasteiger partial charge in [-0.3, -0.25) is 9.59 Å². The number of anilines is 1. The third-order valence-corrected chi connectivity index (χ3v) is 7.47. The molecule has 0 saturated carbocycles. The quantitative estimate of drug-likeness (QED) is 0.463. The number of amides is 2. The molecule has 1 aromatic heterocycles. The summed E-state index contributed by atoms with van der Waals surface area (Å²) >= 11 is 0. The van der Waals surface area contributed by atoms with Gasteiger partial charge < -0.3 is 19.7 Å². The smallest absolute Gasteiger partial charge is 0.255 e. The van der Waals surface area contributed by atoms with E-state index >= 15 is 0 Å². The fourth-order valence-electron chi connectivity index (χ4n) is 5.63. The summed E-state index contributed by atoms with van der Waals surface area (Å²) in [7, 11) is 0. The van der Waals surface area contributed by atoms with Gasteiger partial charge in [0.2, 0.25) is 5.91 Å². The molecule has 6 nitrogen and oxygen atoms in total. The normalized spacial score (nSPS) is 18.6. The number of piperazine rings is 1. The van der Waals surface area contributed by atoms with Crippen LogP contribution in [-0.4, -0.2) is 58.8 Å². The predicted octanol–water partition coefficient (Wildman–Crippen LogP) is 4.59. The molecule has 1 saturated heterocycles. The Morgan fingerprint density at radius 1 is 0.917 bits per heavy atom. The molecule has 7 heteroatoms. The first-order valence-corrected chi connectivity index (χ1v) is 12.3. The highest BCUT2D eigenvalue weighted by Crippen LogP contribution is 2.42. The average molecular weight is 483 g/mol. The lowest BCUT2D eigenvalue weighted by atomic mass is 9.97. The number of fused-ring (bicyclic) bond motifs is 2. The van der Waals surface area contributed by atoms with Crippen LogP contribution in [-0.2, 0) is 4.79 Å². The molecule has 1 N–H and O–H groups in total. The van der Waals surface area contributed by atoms with E-state index in [4.69, 9.17) is 0 Å². The van der Waals surface area contributed by atoms with Crippen molar-refractivity contribution in [1.29, 1.82) is 0 Å². The van der Waals surface area contributed by atoms with E-state index in [0.717, 1.165) is 22.0 Å². The molecule has 2 amide bonds. The highest BCUT2D eigenvalue weighted by molar-refractivity contribution is 6.03. The summed E-state index contributed by atoms with van der Waals surface area (Å²) in [6.45, 7) is 3.85. The third kappa shape index (κ3) is 3.54. The monoisotopic (exact) mass is 482 g/mol. The molecule has 182 valence electrons. The third-order valence-electron chi connectivity index (χ3n) is 7.47. The van der Waals surface area contributed by atoms with Crippen LogP contribution in [0.15, 0.2) is 79.0 Å². The summed E-state index contributed by atoms with van der Waals surface area (Å²) in [6, 6.07) is 21.3. The second-order valence-electron chi connectivity index (χ2n) is 9.43. The number of halogens is 1.